The van der Waals surface area contributed by atoms with Gasteiger partial charge >= 0.3 is 5.97 Å². The molecule has 11 nitrogen and oxygen atoms in total. The summed E-state index contributed by atoms with van der Waals surface area (Å²) in [6, 6.07) is 2.88. The van der Waals surface area contributed by atoms with Crippen LogP contribution in [0.25, 0.3) is 0 Å². The van der Waals surface area contributed by atoms with E-state index in [-0.39, 0.29) is 28.9 Å². The normalized spacial score (nSPS) is 19.4. The number of nitrogens with zero attached hydrogens (tertiary/aromatic N) is 1. The van der Waals surface area contributed by atoms with Crippen LogP contribution < -0.4 is 22.1 Å². The van der Waals surface area contributed by atoms with E-state index in [2.05, 4.69) is 10.6 Å². The van der Waals surface area contributed by atoms with Gasteiger partial charge in [0.05, 0.1) is 17.8 Å². The number of guanidine groups is 1. The van der Waals surface area contributed by atoms with Gasteiger partial charge in [-0.2, -0.15) is 0 Å². The van der Waals surface area contributed by atoms with Gasteiger partial charge in [-0.1, -0.05) is 26.0 Å². The van der Waals surface area contributed by atoms with Gasteiger partial charge in [-0.05, 0) is 24.0 Å². The first-order valence-corrected chi connectivity index (χ1v) is 10.5. The lowest BCUT2D eigenvalue weighted by Crippen LogP contribution is -2.49. The van der Waals surface area contributed by atoms with E-state index in [1.807, 2.05) is 6.92 Å². The number of amides is 1. The summed E-state index contributed by atoms with van der Waals surface area (Å²) in [4.78, 5) is 23.5. The highest BCUT2D eigenvalue weighted by molar-refractivity contribution is 7.89. The maximum absolute atomic E-state index is 13.3. The molecule has 3 unspecified atom stereocenters. The van der Waals surface area contributed by atoms with E-state index in [0.717, 1.165) is 0 Å². The van der Waals surface area contributed by atoms with E-state index in [1.54, 1.807) is 13.0 Å². The Balaban J connectivity index is 2.60. The van der Waals surface area contributed by atoms with Crippen LogP contribution >= 0.6 is 0 Å². The Morgan fingerprint density at radius 2 is 2.10 bits per heavy atom. The minimum absolute atomic E-state index is 0.0189. The summed E-state index contributed by atoms with van der Waals surface area (Å²) in [5, 5.41) is 22.5. The zero-order chi connectivity index (χ0) is 21.9. The number of carboxylic acids is 1. The third-order valence-corrected chi connectivity index (χ3v) is 6.51. The van der Waals surface area contributed by atoms with E-state index in [1.165, 1.54) is 12.1 Å². The molecule has 0 bridgehead atoms. The number of carbonyl (C=O) groups is 2. The van der Waals surface area contributed by atoms with Crippen LogP contribution in [0.15, 0.2) is 23.1 Å². The topological polar surface area (TPSA) is 192 Å². The van der Waals surface area contributed by atoms with Gasteiger partial charge < -0.3 is 27.2 Å². The van der Waals surface area contributed by atoms with E-state index in [9.17, 15) is 18.0 Å². The molecule has 3 atom stereocenters. The predicted octanol–water partition coefficient (Wildman–Crippen LogP) is -0.388. The average Bonchev–Trinajstić information content (AvgIpc) is 2.66. The molecule has 29 heavy (non-hydrogen) atoms. The first-order valence-electron chi connectivity index (χ1n) is 9.02. The monoisotopic (exact) mass is 426 g/mol. The molecule has 1 aromatic carbocycles. The fraction of sp³-hybridized carbons (Fsp3) is 0.471. The molecule has 0 radical (unpaired) electrons. The largest absolute Gasteiger partial charge is 0.480 e. The van der Waals surface area contributed by atoms with E-state index in [4.69, 9.17) is 22.0 Å². The van der Waals surface area contributed by atoms with Crippen LogP contribution in [0.3, 0.4) is 0 Å². The number of para-hydroxylation sites is 1. The standard InChI is InChI=1S/C17H26N6O5S/c1-3-11(18)16(26)23(8-13(24)25)29(27,28)12-6-4-5-10-14(22-17(19)20)9(2)7-21-15(10)12/h4-6,9,11,14,21H,3,7-8,18H2,1-2H3,(H,24,25)(H4,19,20,22). The first-order chi connectivity index (χ1) is 13.5. The van der Waals surface area contributed by atoms with Gasteiger partial charge in [-0.25, -0.2) is 12.7 Å². The SMILES string of the molecule is CCC(N)C(=O)N(CC(=O)O)S(=O)(=O)c1cccc2c1NCC(C)C2NC(=N)N. The number of benzene rings is 1. The summed E-state index contributed by atoms with van der Waals surface area (Å²) in [6.07, 6.45) is 0.151. The van der Waals surface area contributed by atoms with Gasteiger partial charge in [0, 0.05) is 6.54 Å². The van der Waals surface area contributed by atoms with Crippen molar-refractivity contribution in [1.82, 2.24) is 9.62 Å². The average molecular weight is 426 g/mol. The van der Waals surface area contributed by atoms with Crippen molar-refractivity contribution in [3.63, 3.8) is 0 Å². The zero-order valence-corrected chi connectivity index (χ0v) is 17.0. The highest BCUT2D eigenvalue weighted by Gasteiger charge is 2.38. The highest BCUT2D eigenvalue weighted by Crippen LogP contribution is 2.38. The molecule has 0 fully saturated rings. The Hall–Kier alpha value is -2.86. The lowest BCUT2D eigenvalue weighted by atomic mass is 9.89. The van der Waals surface area contributed by atoms with Crippen LogP contribution in [0, 0.1) is 11.3 Å². The molecule has 1 amide bonds. The molecule has 2 rings (SSSR count). The number of hydrogen-bond donors (Lipinski definition) is 6. The molecule has 0 aromatic heterocycles. The van der Waals surface area contributed by atoms with Gasteiger partial charge in [0.15, 0.2) is 5.96 Å². The van der Waals surface area contributed by atoms with Crippen molar-refractivity contribution >= 4 is 33.5 Å². The number of anilines is 1. The Morgan fingerprint density at radius 1 is 1.45 bits per heavy atom. The van der Waals surface area contributed by atoms with Gasteiger partial charge in [0.2, 0.25) is 0 Å². The number of aliphatic carboxylic acids is 1. The van der Waals surface area contributed by atoms with E-state index >= 15 is 0 Å². The predicted molar refractivity (Wildman–Crippen MR) is 107 cm³/mol. The molecule has 1 aliphatic heterocycles. The molecule has 0 saturated carbocycles. The van der Waals surface area contributed by atoms with Gasteiger partial charge in [0.25, 0.3) is 15.9 Å². The summed E-state index contributed by atoms with van der Waals surface area (Å²) < 4.78 is 26.8. The minimum atomic E-state index is -4.51. The molecule has 12 heteroatoms. The Morgan fingerprint density at radius 3 is 2.66 bits per heavy atom. The molecule has 0 aliphatic carbocycles. The summed E-state index contributed by atoms with van der Waals surface area (Å²) in [6.45, 7) is 2.84. The van der Waals surface area contributed by atoms with E-state index in [0.29, 0.717) is 16.4 Å². The van der Waals surface area contributed by atoms with E-state index < -0.39 is 40.5 Å². The Kier molecular flexibility index (Phi) is 6.69. The van der Waals surface area contributed by atoms with Crippen molar-refractivity contribution in [1.29, 1.82) is 5.41 Å². The zero-order valence-electron chi connectivity index (χ0n) is 16.2. The van der Waals surface area contributed by atoms with Gasteiger partial charge in [0.1, 0.15) is 11.4 Å². The van der Waals surface area contributed by atoms with Crippen molar-refractivity contribution in [2.24, 2.45) is 17.4 Å². The van der Waals surface area contributed by atoms with Crippen LogP contribution in [0.1, 0.15) is 31.9 Å². The number of carboxylic acid groups (broad SMARTS) is 1. The lowest BCUT2D eigenvalue weighted by Gasteiger charge is -2.34. The summed E-state index contributed by atoms with van der Waals surface area (Å²) in [5.41, 5.74) is 11.9. The van der Waals surface area contributed by atoms with Gasteiger partial charge in [-0.3, -0.25) is 15.0 Å². The number of sulfonamides is 1. The van der Waals surface area contributed by atoms with Crippen LogP contribution in [0.2, 0.25) is 0 Å². The minimum Gasteiger partial charge on any atom is -0.480 e. The van der Waals surface area contributed by atoms with Crippen LogP contribution in [0.4, 0.5) is 5.69 Å². The molecular formula is C17H26N6O5S. The number of nitrogens with two attached hydrogens (primary N) is 2. The number of hydrogen-bond acceptors (Lipinski definition) is 7. The fourth-order valence-electron chi connectivity index (χ4n) is 3.17. The third-order valence-electron chi connectivity index (χ3n) is 4.72. The summed E-state index contributed by atoms with van der Waals surface area (Å²) >= 11 is 0. The number of carbonyl (C=O) groups excluding carboxylic acids is 1. The molecule has 0 saturated heterocycles. The Bertz CT molecular complexity index is 919. The van der Waals surface area contributed by atoms with Crippen molar-refractivity contribution in [3.8, 4) is 0 Å². The van der Waals surface area contributed by atoms with Crippen molar-refractivity contribution in [2.45, 2.75) is 37.2 Å². The maximum Gasteiger partial charge on any atom is 0.324 e. The first kappa shape index (κ1) is 22.4. The summed E-state index contributed by atoms with van der Waals surface area (Å²) in [5.74, 6) is -2.75. The third kappa shape index (κ3) is 4.59. The fourth-order valence-corrected chi connectivity index (χ4v) is 4.76. The second kappa shape index (κ2) is 8.66. The number of nitrogens with one attached hydrogen (secondary N) is 3. The quantitative estimate of drug-likeness (QED) is 0.249. The van der Waals surface area contributed by atoms with Crippen molar-refractivity contribution < 1.29 is 23.1 Å². The second-order valence-electron chi connectivity index (χ2n) is 6.87. The molecule has 1 heterocycles. The summed E-state index contributed by atoms with van der Waals surface area (Å²) in [7, 11) is -4.51. The smallest absolute Gasteiger partial charge is 0.324 e. The number of rotatable bonds is 7. The Labute approximate surface area is 169 Å². The lowest BCUT2D eigenvalue weighted by molar-refractivity contribution is -0.141. The van der Waals surface area contributed by atoms with Crippen LogP contribution in [0.5, 0.6) is 0 Å². The van der Waals surface area contributed by atoms with Crippen LogP contribution in [-0.2, 0) is 19.6 Å². The maximum atomic E-state index is 13.3. The van der Waals surface area contributed by atoms with Crippen LogP contribution in [-0.4, -0.2) is 54.8 Å². The van der Waals surface area contributed by atoms with Crippen molar-refractivity contribution in [2.75, 3.05) is 18.4 Å². The molecule has 8 N–H and O–H groups in total. The molecule has 0 spiro atoms. The highest BCUT2D eigenvalue weighted by atomic mass is 32.2. The second-order valence-corrected chi connectivity index (χ2v) is 8.70. The van der Waals surface area contributed by atoms with Crippen molar-refractivity contribution in [3.05, 3.63) is 23.8 Å². The molecule has 1 aromatic rings. The number of fused-ring (bicyclic) bond motifs is 1. The molecular weight excluding hydrogens is 400 g/mol. The molecule has 1 aliphatic rings. The van der Waals surface area contributed by atoms with Gasteiger partial charge in [-0.15, -0.1) is 0 Å². The molecule has 160 valence electrons.